The summed E-state index contributed by atoms with van der Waals surface area (Å²) in [6, 6.07) is -0.964. The van der Waals surface area contributed by atoms with Crippen LogP contribution in [0.15, 0.2) is 97.2 Å². The summed E-state index contributed by atoms with van der Waals surface area (Å²) in [6.45, 7) is 2.65. The van der Waals surface area contributed by atoms with Gasteiger partial charge in [0.05, 0.1) is 32.0 Å². The maximum absolute atomic E-state index is 13.3. The summed E-state index contributed by atoms with van der Waals surface area (Å²) in [5, 5.41) is 87.3. The van der Waals surface area contributed by atoms with Crippen molar-refractivity contribution in [2.24, 2.45) is 0 Å². The average molecular weight is 1210 g/mol. The second-order valence-corrected chi connectivity index (χ2v) is 23.9. The molecule has 2 aliphatic rings. The number of hydrogen-bond acceptors (Lipinski definition) is 13. The molecule has 2 aliphatic heterocycles. The zero-order valence-corrected chi connectivity index (χ0v) is 53.8. The molecule has 2 saturated heterocycles. The summed E-state index contributed by atoms with van der Waals surface area (Å²) in [5.41, 5.74) is 0. The number of aliphatic hydroxyl groups excluding tert-OH is 8. The Hall–Kier alpha value is -3.09. The molecule has 2 rings (SSSR count). The minimum atomic E-state index is -1.80. The Balaban J connectivity index is 1.71. The van der Waals surface area contributed by atoms with E-state index in [1.165, 1.54) is 148 Å². The van der Waals surface area contributed by atoms with Crippen molar-refractivity contribution in [3.8, 4) is 0 Å². The van der Waals surface area contributed by atoms with Crippen LogP contribution in [0.2, 0.25) is 0 Å². The Morgan fingerprint density at radius 1 is 0.430 bits per heavy atom. The maximum Gasteiger partial charge on any atom is 0.220 e. The van der Waals surface area contributed by atoms with E-state index in [1.54, 1.807) is 6.08 Å². The van der Waals surface area contributed by atoms with Gasteiger partial charge in [0.15, 0.2) is 12.6 Å². The number of ether oxygens (including phenoxy) is 4. The summed E-state index contributed by atoms with van der Waals surface area (Å²) in [6.07, 6.45) is 62.0. The van der Waals surface area contributed by atoms with E-state index in [0.717, 1.165) is 77.0 Å². The van der Waals surface area contributed by atoms with Crippen LogP contribution in [-0.4, -0.2) is 140 Å². The Labute approximate surface area is 522 Å². The van der Waals surface area contributed by atoms with Crippen molar-refractivity contribution in [3.63, 3.8) is 0 Å². The van der Waals surface area contributed by atoms with E-state index in [0.29, 0.717) is 12.8 Å². The molecular weight excluding hydrogens is 1090 g/mol. The second kappa shape index (κ2) is 55.9. The van der Waals surface area contributed by atoms with Gasteiger partial charge in [-0.15, -0.1) is 0 Å². The van der Waals surface area contributed by atoms with E-state index >= 15 is 0 Å². The molecule has 14 nitrogen and oxygen atoms in total. The van der Waals surface area contributed by atoms with Gasteiger partial charge in [-0.3, -0.25) is 4.79 Å². The summed E-state index contributed by atoms with van der Waals surface area (Å²) in [7, 11) is 0. The molecule has 0 bridgehead atoms. The third-order valence-electron chi connectivity index (χ3n) is 16.2. The van der Waals surface area contributed by atoms with Gasteiger partial charge in [0.1, 0.15) is 48.8 Å². The zero-order valence-electron chi connectivity index (χ0n) is 53.8. The predicted octanol–water partition coefficient (Wildman–Crippen LogP) is 13.8. The number of allylic oxidation sites excluding steroid dienone is 15. The van der Waals surface area contributed by atoms with Gasteiger partial charge in [-0.2, -0.15) is 0 Å². The maximum atomic E-state index is 13.3. The highest BCUT2D eigenvalue weighted by molar-refractivity contribution is 5.76. The molecule has 0 aromatic rings. The fourth-order valence-corrected chi connectivity index (χ4v) is 10.8. The Kier molecular flexibility index (Phi) is 51.4. The third kappa shape index (κ3) is 39.8. The molecule has 0 aliphatic carbocycles. The van der Waals surface area contributed by atoms with Gasteiger partial charge in [-0.1, -0.05) is 259 Å². The molecule has 496 valence electrons. The fraction of sp³-hybridized carbons (Fsp3) is 0.764. The molecule has 12 unspecified atom stereocenters. The van der Waals surface area contributed by atoms with Gasteiger partial charge in [0.25, 0.3) is 0 Å². The first kappa shape index (κ1) is 79.0. The first-order chi connectivity index (χ1) is 42.1. The van der Waals surface area contributed by atoms with Crippen molar-refractivity contribution < 1.29 is 64.6 Å². The van der Waals surface area contributed by atoms with E-state index in [4.69, 9.17) is 18.9 Å². The van der Waals surface area contributed by atoms with Gasteiger partial charge in [0, 0.05) is 6.42 Å². The van der Waals surface area contributed by atoms with E-state index in [1.807, 2.05) is 6.08 Å². The number of hydrogen-bond donors (Lipinski definition) is 9. The van der Waals surface area contributed by atoms with Crippen LogP contribution in [0.1, 0.15) is 258 Å². The van der Waals surface area contributed by atoms with Crippen molar-refractivity contribution in [1.82, 2.24) is 5.32 Å². The summed E-state index contributed by atoms with van der Waals surface area (Å²) in [4.78, 5) is 13.3. The number of carbonyl (C=O) groups is 1. The molecule has 14 heteroatoms. The van der Waals surface area contributed by atoms with Gasteiger partial charge < -0.3 is 65.1 Å². The SMILES string of the molecule is CC/C=C\C/C=C\C/C=C\C/C=C\C/C=C\CCCCCC(=O)NC(COC1OC(CO)C(OC2OC(CO)C(O)C(O)C2O)C(O)C1O)C(O)/C=C/CC/C=C/CC/C=C/CCCCCCCCCCCCCCCCCCCCCCCCC. The molecule has 0 aromatic heterocycles. The van der Waals surface area contributed by atoms with Gasteiger partial charge in [-0.05, 0) is 89.9 Å². The summed E-state index contributed by atoms with van der Waals surface area (Å²) in [5.74, 6) is -0.287. The van der Waals surface area contributed by atoms with Crippen LogP contribution < -0.4 is 5.32 Å². The quantitative estimate of drug-likeness (QED) is 0.0204. The number of nitrogens with one attached hydrogen (secondary N) is 1. The lowest BCUT2D eigenvalue weighted by molar-refractivity contribution is -0.359. The minimum Gasteiger partial charge on any atom is -0.394 e. The van der Waals surface area contributed by atoms with E-state index in [2.05, 4.69) is 104 Å². The number of unbranched alkanes of at least 4 members (excludes halogenated alkanes) is 28. The van der Waals surface area contributed by atoms with Crippen molar-refractivity contribution in [2.45, 2.75) is 331 Å². The number of amides is 1. The summed E-state index contributed by atoms with van der Waals surface area (Å²) < 4.78 is 22.8. The van der Waals surface area contributed by atoms with E-state index in [-0.39, 0.29) is 18.9 Å². The Bertz CT molecular complexity index is 1810. The van der Waals surface area contributed by atoms with Crippen molar-refractivity contribution in [3.05, 3.63) is 97.2 Å². The normalized spacial score (nSPS) is 24.0. The number of aliphatic hydroxyl groups is 8. The van der Waals surface area contributed by atoms with Crippen LogP contribution >= 0.6 is 0 Å². The Morgan fingerprint density at radius 3 is 1.28 bits per heavy atom. The molecule has 0 radical (unpaired) electrons. The van der Waals surface area contributed by atoms with Crippen molar-refractivity contribution in [1.29, 1.82) is 0 Å². The van der Waals surface area contributed by atoms with Crippen LogP contribution in [0.3, 0.4) is 0 Å². The van der Waals surface area contributed by atoms with Crippen LogP contribution in [-0.2, 0) is 23.7 Å². The molecule has 0 spiro atoms. The largest absolute Gasteiger partial charge is 0.394 e. The lowest BCUT2D eigenvalue weighted by Gasteiger charge is -2.46. The van der Waals surface area contributed by atoms with Gasteiger partial charge in [-0.25, -0.2) is 0 Å². The molecule has 2 heterocycles. The first-order valence-corrected chi connectivity index (χ1v) is 34.5. The van der Waals surface area contributed by atoms with Gasteiger partial charge >= 0.3 is 0 Å². The molecule has 1 amide bonds. The highest BCUT2D eigenvalue weighted by Crippen LogP contribution is 2.30. The molecular formula is C72H125NO13. The molecule has 12 atom stereocenters. The predicted molar refractivity (Wildman–Crippen MR) is 350 cm³/mol. The smallest absolute Gasteiger partial charge is 0.220 e. The fourth-order valence-electron chi connectivity index (χ4n) is 10.8. The monoisotopic (exact) mass is 1210 g/mol. The Morgan fingerprint density at radius 2 is 0.814 bits per heavy atom. The van der Waals surface area contributed by atoms with E-state index < -0.39 is 86.8 Å². The topological polar surface area (TPSA) is 228 Å². The second-order valence-electron chi connectivity index (χ2n) is 23.9. The van der Waals surface area contributed by atoms with Crippen LogP contribution in [0.4, 0.5) is 0 Å². The summed E-state index contributed by atoms with van der Waals surface area (Å²) >= 11 is 0. The average Bonchev–Trinajstić information content (AvgIpc) is 2.46. The minimum absolute atomic E-state index is 0.225. The van der Waals surface area contributed by atoms with E-state index in [9.17, 15) is 45.6 Å². The van der Waals surface area contributed by atoms with Crippen LogP contribution in [0.25, 0.3) is 0 Å². The van der Waals surface area contributed by atoms with Crippen molar-refractivity contribution in [2.75, 3.05) is 19.8 Å². The van der Waals surface area contributed by atoms with Crippen LogP contribution in [0, 0.1) is 0 Å². The molecule has 86 heavy (non-hydrogen) atoms. The molecule has 9 N–H and O–H groups in total. The molecule has 0 saturated carbocycles. The molecule has 2 fully saturated rings. The van der Waals surface area contributed by atoms with Crippen molar-refractivity contribution >= 4 is 5.91 Å². The lowest BCUT2D eigenvalue weighted by Crippen LogP contribution is -2.65. The van der Waals surface area contributed by atoms with Gasteiger partial charge in [0.2, 0.25) is 5.91 Å². The first-order valence-electron chi connectivity index (χ1n) is 34.5. The van der Waals surface area contributed by atoms with Crippen LogP contribution in [0.5, 0.6) is 0 Å². The molecule has 0 aromatic carbocycles. The zero-order chi connectivity index (χ0) is 62.3. The standard InChI is InChI=1S/C72H125NO13/c1-3-5-7-9-11-13-15-17-19-21-23-24-25-26-27-28-29-30-31-32-33-34-35-36-38-39-41-43-45-47-49-51-53-55-61(76)60(73-64(77)56-54-52-50-48-46-44-42-40-37-22-20-18-16-14-12-10-8-6-4-2)59-83-71-69(82)67(80)70(63(58-75)85-71)86-72-68(81)66(79)65(78)62(57-74)84-72/h6,8,12,14,18,20,37-40,44-47,53,55,60-63,65-72,74-76,78-82H,3-5,7,9-11,13,15-17,19,21-36,41-43,48-52,54,56-59H2,1-2H3,(H,73,77)/b8-6-,14-12-,20-18-,39-38+,40-37-,46-44-,47-45+,55-53+. The number of carbonyl (C=O) groups excluding carboxylic acids is 1. The third-order valence-corrected chi connectivity index (χ3v) is 16.2. The highest BCUT2D eigenvalue weighted by Gasteiger charge is 2.51. The number of rotatable bonds is 55. The lowest BCUT2D eigenvalue weighted by atomic mass is 9.97. The highest BCUT2D eigenvalue weighted by atomic mass is 16.7.